The molecule has 1 unspecified atom stereocenters. The van der Waals surface area contributed by atoms with Gasteiger partial charge in [-0.2, -0.15) is 13.2 Å². The molecular weight excluding hydrogens is 592 g/mol. The molecule has 1 saturated heterocycles. The van der Waals surface area contributed by atoms with E-state index in [0.717, 1.165) is 49.4 Å². The van der Waals surface area contributed by atoms with E-state index in [1.54, 1.807) is 26.2 Å². The summed E-state index contributed by atoms with van der Waals surface area (Å²) < 4.78 is 42.2. The molecule has 1 saturated carbocycles. The number of rotatable bonds is 7. The Hall–Kier alpha value is -2.27. The van der Waals surface area contributed by atoms with E-state index in [1.165, 1.54) is 18.0 Å². The van der Waals surface area contributed by atoms with Crippen LogP contribution in [0.4, 0.5) is 19.0 Å². The van der Waals surface area contributed by atoms with Gasteiger partial charge in [0, 0.05) is 56.4 Å². The second-order valence-corrected chi connectivity index (χ2v) is 12.0. The van der Waals surface area contributed by atoms with Gasteiger partial charge in [-0.15, -0.1) is 0 Å². The van der Waals surface area contributed by atoms with E-state index in [9.17, 15) is 27.9 Å². The molecule has 0 bridgehead atoms. The number of nitrogens with zero attached hydrogens (tertiary/aromatic N) is 4. The van der Waals surface area contributed by atoms with Gasteiger partial charge in [-0.1, -0.05) is 34.8 Å². The number of amides is 2. The molecule has 40 heavy (non-hydrogen) atoms. The number of piperidine rings is 1. The van der Waals surface area contributed by atoms with Gasteiger partial charge in [0.2, 0.25) is 0 Å². The van der Waals surface area contributed by atoms with Crippen LogP contribution < -0.4 is 4.90 Å². The molecule has 2 heterocycles. The molecule has 2 fully saturated rings. The van der Waals surface area contributed by atoms with Crippen molar-refractivity contribution in [3.05, 3.63) is 56.7 Å². The summed E-state index contributed by atoms with van der Waals surface area (Å²) >= 11 is 18.0. The van der Waals surface area contributed by atoms with E-state index in [1.807, 2.05) is 0 Å². The van der Waals surface area contributed by atoms with Gasteiger partial charge in [-0.05, 0) is 67.3 Å². The quantitative estimate of drug-likeness (QED) is 0.413. The fourth-order valence-corrected chi connectivity index (χ4v) is 6.25. The SMILES string of the molecule is CN(C)C(=O)c1ccc(N2CCC([C@H]3C[C@H]3CN(C)C(=O)C(O)(c3cc(Cl)cc(Cl)c3)C(F)(F)F)CC2)nc1Cl. The molecule has 13 heteroatoms. The van der Waals surface area contributed by atoms with Crippen LogP contribution in [-0.2, 0) is 10.4 Å². The highest BCUT2D eigenvalue weighted by Gasteiger charge is 2.62. The second kappa shape index (κ2) is 11.5. The number of alkyl halides is 3. The third-order valence-electron chi connectivity index (χ3n) is 7.77. The molecule has 1 aromatic heterocycles. The third kappa shape index (κ3) is 6.15. The maximum Gasteiger partial charge on any atom is 0.430 e. The van der Waals surface area contributed by atoms with Crippen molar-refractivity contribution in [3.8, 4) is 0 Å². The predicted molar refractivity (Wildman–Crippen MR) is 148 cm³/mol. The van der Waals surface area contributed by atoms with Crippen LogP contribution in [0.25, 0.3) is 0 Å². The second-order valence-electron chi connectivity index (χ2n) is 10.7. The summed E-state index contributed by atoms with van der Waals surface area (Å²) in [6.07, 6.45) is -2.79. The molecule has 1 aliphatic carbocycles. The molecular formula is C27H30Cl3F3N4O3. The third-order valence-corrected chi connectivity index (χ3v) is 8.50. The first-order chi connectivity index (χ1) is 18.6. The fourth-order valence-electron chi connectivity index (χ4n) is 5.50. The summed E-state index contributed by atoms with van der Waals surface area (Å²) in [5, 5.41) is 10.6. The van der Waals surface area contributed by atoms with Crippen molar-refractivity contribution in [1.29, 1.82) is 0 Å². The number of halogens is 6. The zero-order valence-corrected chi connectivity index (χ0v) is 24.4. The number of hydrogen-bond donors (Lipinski definition) is 1. The van der Waals surface area contributed by atoms with Crippen LogP contribution in [0.1, 0.15) is 35.2 Å². The summed E-state index contributed by atoms with van der Waals surface area (Å²) in [6.45, 7) is 1.53. The van der Waals surface area contributed by atoms with Crippen LogP contribution in [0.2, 0.25) is 15.2 Å². The van der Waals surface area contributed by atoms with Crippen molar-refractivity contribution >= 4 is 52.4 Å². The minimum atomic E-state index is -5.28. The number of likely N-dealkylation sites (N-methyl/N-ethyl adjacent to an activating group) is 1. The first-order valence-corrected chi connectivity index (χ1v) is 13.9. The van der Waals surface area contributed by atoms with Gasteiger partial charge >= 0.3 is 6.18 Å². The van der Waals surface area contributed by atoms with E-state index in [4.69, 9.17) is 34.8 Å². The standard InChI is InChI=1S/C27H30Cl3F3N4O3/c1-35(2)24(38)20-4-5-22(34-23(20)30)37-8-6-15(7-9-37)21-10-16(21)14-36(3)25(39)26(40,27(31,32)33)17-11-18(28)13-19(29)12-17/h4-5,11-13,15-16,21,40H,6-10,14H2,1-3H3/t16-,21+,26?/m0/s1. The van der Waals surface area contributed by atoms with Gasteiger partial charge in [0.25, 0.3) is 17.4 Å². The van der Waals surface area contributed by atoms with Crippen molar-refractivity contribution in [2.75, 3.05) is 45.7 Å². The van der Waals surface area contributed by atoms with Crippen molar-refractivity contribution in [1.82, 2.24) is 14.8 Å². The van der Waals surface area contributed by atoms with E-state index >= 15 is 0 Å². The number of carbonyl (C=O) groups is 2. The Labute approximate surface area is 245 Å². The predicted octanol–water partition coefficient (Wildman–Crippen LogP) is 5.50. The molecule has 2 aliphatic rings. The van der Waals surface area contributed by atoms with Crippen LogP contribution in [0.15, 0.2) is 30.3 Å². The Kier molecular flexibility index (Phi) is 8.86. The maximum absolute atomic E-state index is 14.1. The summed E-state index contributed by atoms with van der Waals surface area (Å²) in [6, 6.07) is 6.47. The minimum Gasteiger partial charge on any atom is -0.368 e. The van der Waals surface area contributed by atoms with Crippen molar-refractivity contribution in [3.63, 3.8) is 0 Å². The summed E-state index contributed by atoms with van der Waals surface area (Å²) in [4.78, 5) is 34.1. The number of carbonyl (C=O) groups excluding carboxylic acids is 2. The molecule has 3 atom stereocenters. The zero-order chi connectivity index (χ0) is 29.6. The molecule has 218 valence electrons. The lowest BCUT2D eigenvalue weighted by Gasteiger charge is -2.34. The van der Waals surface area contributed by atoms with Gasteiger partial charge in [0.1, 0.15) is 11.0 Å². The topological polar surface area (TPSA) is 77.0 Å². The number of aromatic nitrogens is 1. The lowest BCUT2D eigenvalue weighted by Crippen LogP contribution is -2.55. The van der Waals surface area contributed by atoms with Crippen molar-refractivity contribution in [2.45, 2.75) is 31.0 Å². The normalized spacial score (nSPS) is 21.1. The summed E-state index contributed by atoms with van der Waals surface area (Å²) in [7, 11) is 4.55. The molecule has 1 N–H and O–H groups in total. The molecule has 1 aliphatic heterocycles. The monoisotopic (exact) mass is 620 g/mol. The Morgan fingerprint density at radius 3 is 2.17 bits per heavy atom. The van der Waals surface area contributed by atoms with Gasteiger partial charge < -0.3 is 19.8 Å². The van der Waals surface area contributed by atoms with Gasteiger partial charge in [-0.25, -0.2) is 4.98 Å². The highest BCUT2D eigenvalue weighted by Crippen LogP contribution is 2.49. The fraction of sp³-hybridized carbons (Fsp3) is 0.519. The van der Waals surface area contributed by atoms with Crippen LogP contribution in [0.3, 0.4) is 0 Å². The van der Waals surface area contributed by atoms with E-state index < -0.39 is 23.2 Å². The number of anilines is 1. The van der Waals surface area contributed by atoms with Gasteiger partial charge in [-0.3, -0.25) is 9.59 Å². The molecule has 7 nitrogen and oxygen atoms in total. The zero-order valence-electron chi connectivity index (χ0n) is 22.2. The highest BCUT2D eigenvalue weighted by atomic mass is 35.5. The number of aliphatic hydroxyl groups is 1. The van der Waals surface area contributed by atoms with E-state index in [2.05, 4.69) is 9.88 Å². The smallest absolute Gasteiger partial charge is 0.368 e. The molecule has 0 spiro atoms. The lowest BCUT2D eigenvalue weighted by atomic mass is 9.90. The average Bonchev–Trinajstić information content (AvgIpc) is 3.65. The van der Waals surface area contributed by atoms with Crippen molar-refractivity contribution < 1.29 is 27.9 Å². The van der Waals surface area contributed by atoms with Crippen LogP contribution in [-0.4, -0.2) is 78.7 Å². The summed E-state index contributed by atoms with van der Waals surface area (Å²) in [5.74, 6) is -0.357. The number of pyridine rings is 1. The Morgan fingerprint density at radius 2 is 1.65 bits per heavy atom. The van der Waals surface area contributed by atoms with E-state index in [-0.39, 0.29) is 39.5 Å². The molecule has 2 amide bonds. The largest absolute Gasteiger partial charge is 0.430 e. The highest BCUT2D eigenvalue weighted by molar-refractivity contribution is 6.34. The van der Waals surface area contributed by atoms with Gasteiger partial charge in [0.15, 0.2) is 0 Å². The molecule has 0 radical (unpaired) electrons. The molecule has 2 aromatic rings. The van der Waals surface area contributed by atoms with Gasteiger partial charge in [0.05, 0.1) is 5.56 Å². The summed E-state index contributed by atoms with van der Waals surface area (Å²) in [5.41, 5.74) is -4.16. The number of benzene rings is 1. The van der Waals surface area contributed by atoms with Crippen LogP contribution >= 0.6 is 34.8 Å². The van der Waals surface area contributed by atoms with E-state index in [0.29, 0.717) is 17.3 Å². The van der Waals surface area contributed by atoms with Crippen LogP contribution in [0, 0.1) is 17.8 Å². The molecule has 1 aromatic carbocycles. The Balaban J connectivity index is 1.36. The maximum atomic E-state index is 14.1. The van der Waals surface area contributed by atoms with Crippen molar-refractivity contribution in [2.24, 2.45) is 17.8 Å². The number of hydrogen-bond acceptors (Lipinski definition) is 5. The minimum absolute atomic E-state index is 0.0369. The average molecular weight is 622 g/mol. The Bertz CT molecular complexity index is 1270. The lowest BCUT2D eigenvalue weighted by molar-refractivity contribution is -0.261. The Morgan fingerprint density at radius 1 is 1.05 bits per heavy atom. The first kappa shape index (κ1) is 30.7. The first-order valence-electron chi connectivity index (χ1n) is 12.8. The molecule has 4 rings (SSSR count). The van der Waals surface area contributed by atoms with Crippen LogP contribution in [0.5, 0.6) is 0 Å².